The van der Waals surface area contributed by atoms with Crippen molar-refractivity contribution in [1.29, 1.82) is 0 Å². The average Bonchev–Trinajstić information content (AvgIpc) is 3.13. The number of hydrogen-bond acceptors (Lipinski definition) is 7. The summed E-state index contributed by atoms with van der Waals surface area (Å²) in [5.41, 5.74) is 1.40. The van der Waals surface area contributed by atoms with Gasteiger partial charge in [-0.3, -0.25) is 24.8 Å². The number of anilines is 2. The monoisotopic (exact) mass is 460 g/mol. The molecule has 0 spiro atoms. The maximum atomic E-state index is 12.7. The summed E-state index contributed by atoms with van der Waals surface area (Å²) in [6.45, 7) is 2.45. The zero-order valence-corrected chi connectivity index (χ0v) is 18.8. The molecule has 0 aliphatic rings. The summed E-state index contributed by atoms with van der Waals surface area (Å²) in [5, 5.41) is 23.6. The predicted molar refractivity (Wildman–Crippen MR) is 122 cm³/mol. The smallest absolute Gasteiger partial charge is 0.293 e. The lowest BCUT2D eigenvalue weighted by Gasteiger charge is -2.13. The second-order valence-corrected chi connectivity index (χ2v) is 8.09. The third-order valence-electron chi connectivity index (χ3n) is 4.49. The molecule has 0 aliphatic heterocycles. The number of nitro benzene ring substituents is 1. The Balaban J connectivity index is 1.78. The molecule has 1 heterocycles. The third kappa shape index (κ3) is 5.15. The van der Waals surface area contributed by atoms with Crippen LogP contribution in [-0.4, -0.2) is 39.7 Å². The fourth-order valence-corrected chi connectivity index (χ4v) is 4.18. The minimum Gasteiger partial charge on any atom is -0.372 e. The van der Waals surface area contributed by atoms with Gasteiger partial charge in [-0.05, 0) is 30.7 Å². The molecule has 31 heavy (non-hydrogen) atoms. The van der Waals surface area contributed by atoms with Gasteiger partial charge in [-0.15, -0.1) is 10.2 Å². The van der Waals surface area contributed by atoms with Crippen molar-refractivity contribution in [3.05, 3.63) is 68.7 Å². The summed E-state index contributed by atoms with van der Waals surface area (Å²) >= 11 is 7.66. The van der Waals surface area contributed by atoms with E-state index in [0.717, 1.165) is 5.56 Å². The SMILES string of the molecule is CCn1c(NC(=O)c2ccc(N(C)C)c([N+](=O)[O-])c2)nnc1SCc1ccccc1Cl. The molecule has 0 fully saturated rings. The van der Waals surface area contributed by atoms with Crippen molar-refractivity contribution >= 4 is 46.6 Å². The summed E-state index contributed by atoms with van der Waals surface area (Å²) in [6.07, 6.45) is 0. The van der Waals surface area contributed by atoms with Gasteiger partial charge in [0, 0.05) is 43.0 Å². The third-order valence-corrected chi connectivity index (χ3v) is 5.87. The number of hydrogen-bond donors (Lipinski definition) is 1. The number of aromatic nitrogens is 3. The molecule has 11 heteroatoms. The quantitative estimate of drug-likeness (QED) is 0.300. The van der Waals surface area contributed by atoms with Gasteiger partial charge in [-0.1, -0.05) is 41.6 Å². The molecule has 0 aliphatic carbocycles. The molecule has 162 valence electrons. The Bertz CT molecular complexity index is 1120. The van der Waals surface area contributed by atoms with Crippen LogP contribution in [0.2, 0.25) is 5.02 Å². The molecule has 0 radical (unpaired) electrons. The van der Waals surface area contributed by atoms with Crippen LogP contribution >= 0.6 is 23.4 Å². The van der Waals surface area contributed by atoms with E-state index in [2.05, 4.69) is 15.5 Å². The number of amides is 1. The number of halogens is 1. The van der Waals surface area contributed by atoms with E-state index in [-0.39, 0.29) is 17.2 Å². The molecule has 0 saturated carbocycles. The molecule has 3 rings (SSSR count). The molecule has 0 saturated heterocycles. The van der Waals surface area contributed by atoms with E-state index in [1.54, 1.807) is 29.6 Å². The Kier molecular flexibility index (Phi) is 7.13. The first-order valence-electron chi connectivity index (χ1n) is 9.38. The van der Waals surface area contributed by atoms with Crippen LogP contribution in [0.1, 0.15) is 22.8 Å². The van der Waals surface area contributed by atoms with Gasteiger partial charge >= 0.3 is 0 Å². The van der Waals surface area contributed by atoms with Crippen LogP contribution in [0.25, 0.3) is 0 Å². The number of nitrogens with one attached hydrogen (secondary N) is 1. The second-order valence-electron chi connectivity index (χ2n) is 6.74. The molecular formula is C20H21ClN6O3S. The molecule has 2 aromatic carbocycles. The summed E-state index contributed by atoms with van der Waals surface area (Å²) in [6, 6.07) is 11.9. The van der Waals surface area contributed by atoms with Crippen LogP contribution in [0.5, 0.6) is 0 Å². The van der Waals surface area contributed by atoms with Gasteiger partial charge in [0.05, 0.1) is 4.92 Å². The van der Waals surface area contributed by atoms with Gasteiger partial charge in [-0.2, -0.15) is 0 Å². The highest BCUT2D eigenvalue weighted by molar-refractivity contribution is 7.98. The number of carbonyl (C=O) groups excluding carboxylic acids is 1. The molecule has 0 atom stereocenters. The Labute approximate surface area is 188 Å². The highest BCUT2D eigenvalue weighted by Gasteiger charge is 2.21. The lowest BCUT2D eigenvalue weighted by atomic mass is 10.1. The van der Waals surface area contributed by atoms with Crippen LogP contribution in [0.15, 0.2) is 47.6 Å². The number of benzene rings is 2. The van der Waals surface area contributed by atoms with Crippen LogP contribution in [0, 0.1) is 10.1 Å². The Morgan fingerprint density at radius 3 is 2.65 bits per heavy atom. The average molecular weight is 461 g/mol. The highest BCUT2D eigenvalue weighted by Crippen LogP contribution is 2.29. The Hall–Kier alpha value is -3.11. The molecular weight excluding hydrogens is 440 g/mol. The summed E-state index contributed by atoms with van der Waals surface area (Å²) in [7, 11) is 3.40. The van der Waals surface area contributed by atoms with Crippen molar-refractivity contribution in [3.63, 3.8) is 0 Å². The largest absolute Gasteiger partial charge is 0.372 e. The number of nitro groups is 1. The lowest BCUT2D eigenvalue weighted by Crippen LogP contribution is -2.17. The Morgan fingerprint density at radius 2 is 2.00 bits per heavy atom. The van der Waals surface area contributed by atoms with Crippen LogP contribution in [0.3, 0.4) is 0 Å². The van der Waals surface area contributed by atoms with Gasteiger partial charge in [0.15, 0.2) is 5.16 Å². The molecule has 1 amide bonds. The minimum atomic E-state index is -0.510. The maximum absolute atomic E-state index is 12.7. The molecule has 1 aromatic heterocycles. The first kappa shape index (κ1) is 22.6. The fraction of sp³-hybridized carbons (Fsp3) is 0.250. The van der Waals surface area contributed by atoms with Crippen molar-refractivity contribution in [1.82, 2.24) is 14.8 Å². The Morgan fingerprint density at radius 1 is 1.26 bits per heavy atom. The van der Waals surface area contributed by atoms with E-state index in [1.807, 2.05) is 31.2 Å². The van der Waals surface area contributed by atoms with Gasteiger partial charge in [0.25, 0.3) is 11.6 Å². The van der Waals surface area contributed by atoms with E-state index in [4.69, 9.17) is 11.6 Å². The van der Waals surface area contributed by atoms with E-state index >= 15 is 0 Å². The van der Waals surface area contributed by atoms with Gasteiger partial charge in [0.1, 0.15) is 5.69 Å². The number of carbonyl (C=O) groups is 1. The number of thioether (sulfide) groups is 1. The van der Waals surface area contributed by atoms with E-state index in [9.17, 15) is 14.9 Å². The van der Waals surface area contributed by atoms with Gasteiger partial charge in [0.2, 0.25) is 5.95 Å². The summed E-state index contributed by atoms with van der Waals surface area (Å²) in [5.74, 6) is 0.371. The zero-order valence-electron chi connectivity index (χ0n) is 17.2. The summed E-state index contributed by atoms with van der Waals surface area (Å²) in [4.78, 5) is 25.2. The summed E-state index contributed by atoms with van der Waals surface area (Å²) < 4.78 is 1.77. The lowest BCUT2D eigenvalue weighted by molar-refractivity contribution is -0.384. The van der Waals surface area contributed by atoms with Crippen molar-refractivity contribution in [3.8, 4) is 0 Å². The van der Waals surface area contributed by atoms with Gasteiger partial charge < -0.3 is 4.90 Å². The highest BCUT2D eigenvalue weighted by atomic mass is 35.5. The second kappa shape index (κ2) is 9.80. The molecule has 3 aromatic rings. The molecule has 0 bridgehead atoms. The molecule has 0 unspecified atom stereocenters. The zero-order chi connectivity index (χ0) is 22.5. The van der Waals surface area contributed by atoms with Crippen molar-refractivity contribution < 1.29 is 9.72 Å². The minimum absolute atomic E-state index is 0.148. The van der Waals surface area contributed by atoms with Crippen molar-refractivity contribution in [2.24, 2.45) is 0 Å². The van der Waals surface area contributed by atoms with Crippen LogP contribution in [0.4, 0.5) is 17.3 Å². The first-order chi connectivity index (χ1) is 14.8. The number of nitrogens with zero attached hydrogens (tertiary/aromatic N) is 5. The fourth-order valence-electron chi connectivity index (χ4n) is 2.89. The number of rotatable bonds is 8. The standard InChI is InChI=1S/C20H21ClN6O3S/c1-4-26-19(23-24-20(26)31-12-14-7-5-6-8-15(14)21)22-18(28)13-9-10-16(25(2)3)17(11-13)27(29)30/h5-11H,4,12H2,1-3H3,(H,22,23,28). The van der Waals surface area contributed by atoms with Crippen LogP contribution in [-0.2, 0) is 12.3 Å². The van der Waals surface area contributed by atoms with E-state index in [1.165, 1.54) is 23.9 Å². The predicted octanol–water partition coefficient (Wildman–Crippen LogP) is 4.47. The van der Waals surface area contributed by atoms with E-state index < -0.39 is 10.8 Å². The normalized spacial score (nSPS) is 10.7. The van der Waals surface area contributed by atoms with E-state index in [0.29, 0.717) is 28.2 Å². The molecule has 9 nitrogen and oxygen atoms in total. The van der Waals surface area contributed by atoms with Crippen molar-refractivity contribution in [2.75, 3.05) is 24.3 Å². The topological polar surface area (TPSA) is 106 Å². The maximum Gasteiger partial charge on any atom is 0.293 e. The van der Waals surface area contributed by atoms with Crippen LogP contribution < -0.4 is 10.2 Å². The van der Waals surface area contributed by atoms with Crippen molar-refractivity contribution in [2.45, 2.75) is 24.4 Å². The molecule has 1 N–H and O–H groups in total. The first-order valence-corrected chi connectivity index (χ1v) is 10.7. The van der Waals surface area contributed by atoms with Gasteiger partial charge in [-0.25, -0.2) is 0 Å².